The van der Waals surface area contributed by atoms with E-state index >= 15 is 0 Å². The highest BCUT2D eigenvalue weighted by Crippen LogP contribution is 2.25. The number of carbonyl (C=O) groups excluding carboxylic acids is 1. The van der Waals surface area contributed by atoms with Crippen molar-refractivity contribution in [1.29, 1.82) is 0 Å². The summed E-state index contributed by atoms with van der Waals surface area (Å²) >= 11 is 0. The van der Waals surface area contributed by atoms with Crippen molar-refractivity contribution in [3.63, 3.8) is 0 Å². The zero-order chi connectivity index (χ0) is 20.0. The second kappa shape index (κ2) is 9.22. The molecule has 150 valence electrons. The van der Waals surface area contributed by atoms with Crippen molar-refractivity contribution >= 4 is 5.91 Å². The van der Waals surface area contributed by atoms with Crippen LogP contribution in [0.1, 0.15) is 35.3 Å². The highest BCUT2D eigenvalue weighted by Gasteiger charge is 2.30. The summed E-state index contributed by atoms with van der Waals surface area (Å²) in [6, 6.07) is 15.9. The van der Waals surface area contributed by atoms with E-state index in [4.69, 9.17) is 9.47 Å². The lowest BCUT2D eigenvalue weighted by atomic mass is 9.94. The van der Waals surface area contributed by atoms with E-state index in [1.54, 1.807) is 13.2 Å². The lowest BCUT2D eigenvalue weighted by Crippen LogP contribution is -2.53. The molecule has 3 rings (SSSR count). The maximum Gasteiger partial charge on any atom is 0.251 e. The average molecular weight is 383 g/mol. The van der Waals surface area contributed by atoms with Crippen LogP contribution >= 0.6 is 0 Å². The minimum atomic E-state index is -0.129. The molecule has 1 aliphatic rings. The molecular formula is C23H30N2O3. The van der Waals surface area contributed by atoms with E-state index in [9.17, 15) is 4.79 Å². The number of methoxy groups -OCH3 is 1. The molecule has 1 aliphatic heterocycles. The summed E-state index contributed by atoms with van der Waals surface area (Å²) in [4.78, 5) is 15.1. The summed E-state index contributed by atoms with van der Waals surface area (Å²) in [5.74, 6) is 0.597. The highest BCUT2D eigenvalue weighted by molar-refractivity contribution is 5.94. The molecule has 0 aliphatic carbocycles. The number of nitrogens with one attached hydrogen (secondary N) is 1. The van der Waals surface area contributed by atoms with Crippen molar-refractivity contribution in [3.05, 3.63) is 65.2 Å². The van der Waals surface area contributed by atoms with Crippen molar-refractivity contribution in [2.75, 3.05) is 33.4 Å². The van der Waals surface area contributed by atoms with E-state index in [0.29, 0.717) is 31.1 Å². The molecule has 0 fully saturated rings. The van der Waals surface area contributed by atoms with Crippen LogP contribution in [-0.2, 0) is 17.7 Å². The Morgan fingerprint density at radius 2 is 1.89 bits per heavy atom. The molecule has 0 spiro atoms. The fourth-order valence-corrected chi connectivity index (χ4v) is 3.49. The molecule has 2 aromatic carbocycles. The lowest BCUT2D eigenvalue weighted by Gasteiger charge is -2.41. The third-order valence-electron chi connectivity index (χ3n) is 5.32. The minimum Gasteiger partial charge on any atom is -0.491 e. The van der Waals surface area contributed by atoms with Crippen LogP contribution in [0.15, 0.2) is 48.5 Å². The molecule has 0 radical (unpaired) electrons. The van der Waals surface area contributed by atoms with E-state index in [0.717, 1.165) is 19.5 Å². The van der Waals surface area contributed by atoms with Crippen molar-refractivity contribution in [2.24, 2.45) is 0 Å². The monoisotopic (exact) mass is 382 g/mol. The van der Waals surface area contributed by atoms with Gasteiger partial charge in [0.2, 0.25) is 0 Å². The zero-order valence-corrected chi connectivity index (χ0v) is 17.0. The first-order chi connectivity index (χ1) is 13.5. The number of benzene rings is 2. The Morgan fingerprint density at radius 3 is 2.68 bits per heavy atom. The molecule has 5 nitrogen and oxygen atoms in total. The normalized spacial score (nSPS) is 14.4. The van der Waals surface area contributed by atoms with Gasteiger partial charge in [0.1, 0.15) is 12.4 Å². The summed E-state index contributed by atoms with van der Waals surface area (Å²) in [5.41, 5.74) is 3.29. The largest absolute Gasteiger partial charge is 0.491 e. The van der Waals surface area contributed by atoms with Gasteiger partial charge in [0.05, 0.1) is 6.61 Å². The fraction of sp³-hybridized carbons (Fsp3) is 0.435. The molecule has 0 saturated heterocycles. The third-order valence-corrected chi connectivity index (χ3v) is 5.32. The molecule has 1 N–H and O–H groups in total. The highest BCUT2D eigenvalue weighted by atomic mass is 16.5. The average Bonchev–Trinajstić information content (AvgIpc) is 2.72. The van der Waals surface area contributed by atoms with Crippen molar-refractivity contribution in [1.82, 2.24) is 10.2 Å². The first kappa shape index (κ1) is 20.4. The van der Waals surface area contributed by atoms with Crippen LogP contribution in [0.5, 0.6) is 5.75 Å². The van der Waals surface area contributed by atoms with E-state index in [2.05, 4.69) is 48.3 Å². The van der Waals surface area contributed by atoms with Gasteiger partial charge in [-0.3, -0.25) is 9.69 Å². The SMILES string of the molecule is COCCOc1cccc(C(=O)NCC(C)(C)N2CCc3ccccc3C2)c1. The van der Waals surface area contributed by atoms with Gasteiger partial charge in [0, 0.05) is 37.8 Å². The predicted molar refractivity (Wildman–Crippen MR) is 111 cm³/mol. The summed E-state index contributed by atoms with van der Waals surface area (Å²) in [6.07, 6.45) is 1.05. The van der Waals surface area contributed by atoms with Crippen molar-refractivity contribution in [2.45, 2.75) is 32.4 Å². The Hall–Kier alpha value is -2.37. The molecule has 28 heavy (non-hydrogen) atoms. The van der Waals surface area contributed by atoms with Crippen molar-refractivity contribution in [3.8, 4) is 5.75 Å². The summed E-state index contributed by atoms with van der Waals surface area (Å²) in [6.45, 7) is 7.86. The molecule has 2 aromatic rings. The van der Waals surface area contributed by atoms with E-state index in [1.165, 1.54) is 11.1 Å². The van der Waals surface area contributed by atoms with Gasteiger partial charge in [-0.25, -0.2) is 0 Å². The van der Waals surface area contributed by atoms with Crippen LogP contribution < -0.4 is 10.1 Å². The Bertz CT molecular complexity index is 804. The van der Waals surface area contributed by atoms with Gasteiger partial charge in [0.25, 0.3) is 5.91 Å². The van der Waals surface area contributed by atoms with Gasteiger partial charge in [-0.2, -0.15) is 0 Å². The van der Waals surface area contributed by atoms with Crippen LogP contribution in [0, 0.1) is 0 Å². The van der Waals surface area contributed by atoms with Gasteiger partial charge in [-0.05, 0) is 49.6 Å². The number of nitrogens with zero attached hydrogens (tertiary/aromatic N) is 1. The smallest absolute Gasteiger partial charge is 0.251 e. The number of amides is 1. The van der Waals surface area contributed by atoms with Crippen LogP contribution in [0.2, 0.25) is 0 Å². The molecule has 1 heterocycles. The van der Waals surface area contributed by atoms with E-state index < -0.39 is 0 Å². The molecule has 0 bridgehead atoms. The number of ether oxygens (including phenoxy) is 2. The van der Waals surface area contributed by atoms with E-state index in [1.807, 2.05) is 18.2 Å². The molecule has 1 amide bonds. The maximum absolute atomic E-state index is 12.6. The Balaban J connectivity index is 1.57. The van der Waals surface area contributed by atoms with Crippen LogP contribution in [-0.4, -0.2) is 49.8 Å². The van der Waals surface area contributed by atoms with Crippen LogP contribution in [0.4, 0.5) is 0 Å². The van der Waals surface area contributed by atoms with Crippen LogP contribution in [0.25, 0.3) is 0 Å². The molecule has 5 heteroatoms. The molecule has 0 aromatic heterocycles. The number of carbonyl (C=O) groups is 1. The number of hydrogen-bond donors (Lipinski definition) is 1. The lowest BCUT2D eigenvalue weighted by molar-refractivity contribution is 0.0825. The standard InChI is InChI=1S/C23H30N2O3/c1-23(2,25-12-11-18-7-4-5-8-20(18)16-25)17-24-22(26)19-9-6-10-21(15-19)28-14-13-27-3/h4-10,15H,11-14,16-17H2,1-3H3,(H,24,26). The van der Waals surface area contributed by atoms with Gasteiger partial charge in [-0.1, -0.05) is 30.3 Å². The Kier molecular flexibility index (Phi) is 6.70. The number of fused-ring (bicyclic) bond motifs is 1. The topological polar surface area (TPSA) is 50.8 Å². The molecule has 0 atom stereocenters. The second-order valence-electron chi connectivity index (χ2n) is 7.80. The Morgan fingerprint density at radius 1 is 1.11 bits per heavy atom. The first-order valence-electron chi connectivity index (χ1n) is 9.81. The van der Waals surface area contributed by atoms with Gasteiger partial charge >= 0.3 is 0 Å². The minimum absolute atomic E-state index is 0.0809. The quantitative estimate of drug-likeness (QED) is 0.712. The molecule has 0 unspecified atom stereocenters. The van der Waals surface area contributed by atoms with Gasteiger partial charge in [-0.15, -0.1) is 0 Å². The molecule has 0 saturated carbocycles. The Labute approximate surface area is 167 Å². The number of hydrogen-bond acceptors (Lipinski definition) is 4. The van der Waals surface area contributed by atoms with Gasteiger partial charge < -0.3 is 14.8 Å². The maximum atomic E-state index is 12.6. The van der Waals surface area contributed by atoms with E-state index in [-0.39, 0.29) is 11.4 Å². The van der Waals surface area contributed by atoms with Crippen LogP contribution in [0.3, 0.4) is 0 Å². The summed E-state index contributed by atoms with van der Waals surface area (Å²) < 4.78 is 10.6. The summed E-state index contributed by atoms with van der Waals surface area (Å²) in [5, 5.41) is 3.09. The van der Waals surface area contributed by atoms with Crippen molar-refractivity contribution < 1.29 is 14.3 Å². The predicted octanol–water partition coefficient (Wildman–Crippen LogP) is 3.28. The first-order valence-corrected chi connectivity index (χ1v) is 9.81. The second-order valence-corrected chi connectivity index (χ2v) is 7.80. The number of rotatable bonds is 8. The molecular weight excluding hydrogens is 352 g/mol. The summed E-state index contributed by atoms with van der Waals surface area (Å²) in [7, 11) is 1.63. The fourth-order valence-electron chi connectivity index (χ4n) is 3.49. The zero-order valence-electron chi connectivity index (χ0n) is 17.0. The third kappa shape index (κ3) is 5.12. The van der Waals surface area contributed by atoms with Gasteiger partial charge in [0.15, 0.2) is 0 Å².